The summed E-state index contributed by atoms with van der Waals surface area (Å²) >= 11 is 0. The van der Waals surface area contributed by atoms with E-state index in [1.54, 1.807) is 6.20 Å². The smallest absolute Gasteiger partial charge is 0.219 e. The van der Waals surface area contributed by atoms with Gasteiger partial charge in [-0.1, -0.05) is 6.07 Å². The fraction of sp³-hybridized carbons (Fsp3) is 0.111. The van der Waals surface area contributed by atoms with Gasteiger partial charge in [-0.25, -0.2) is 15.0 Å². The molecule has 0 aliphatic rings. The third kappa shape index (κ3) is 3.65. The molecule has 1 aromatic carbocycles. The number of hydrogen-bond donors (Lipinski definition) is 1. The third-order valence-electron chi connectivity index (χ3n) is 3.33. The van der Waals surface area contributed by atoms with Crippen molar-refractivity contribution in [1.82, 2.24) is 15.0 Å². The van der Waals surface area contributed by atoms with E-state index in [4.69, 9.17) is 10.00 Å². The minimum Gasteiger partial charge on any atom is -0.439 e. The van der Waals surface area contributed by atoms with Crippen LogP contribution in [0, 0.1) is 25.2 Å². The standard InChI is InChI=1S/C18H15N5O/c1-12-5-6-20-18(7-12)24-16-8-14(4-3-13(16)2)23-17-11-21-15(9-19)10-22-17/h3-8,10-11H,1-2H3,(H,22,23). The number of anilines is 2. The van der Waals surface area contributed by atoms with E-state index in [-0.39, 0.29) is 5.69 Å². The molecular formula is C18H15N5O. The van der Waals surface area contributed by atoms with Gasteiger partial charge in [0.1, 0.15) is 17.6 Å². The van der Waals surface area contributed by atoms with Gasteiger partial charge in [-0.2, -0.15) is 5.26 Å². The van der Waals surface area contributed by atoms with Gasteiger partial charge in [0.05, 0.1) is 12.4 Å². The van der Waals surface area contributed by atoms with Gasteiger partial charge in [-0.05, 0) is 37.1 Å². The quantitative estimate of drug-likeness (QED) is 0.785. The van der Waals surface area contributed by atoms with Gasteiger partial charge >= 0.3 is 0 Å². The summed E-state index contributed by atoms with van der Waals surface area (Å²) in [5.41, 5.74) is 3.16. The first-order valence-corrected chi connectivity index (χ1v) is 7.34. The van der Waals surface area contributed by atoms with Crippen molar-refractivity contribution >= 4 is 11.5 Å². The molecule has 3 aromatic rings. The molecule has 118 valence electrons. The van der Waals surface area contributed by atoms with Gasteiger partial charge in [0.15, 0.2) is 5.69 Å². The highest BCUT2D eigenvalue weighted by atomic mass is 16.5. The Kier molecular flexibility index (Phi) is 4.34. The molecule has 2 aromatic heterocycles. The molecule has 6 nitrogen and oxygen atoms in total. The number of nitriles is 1. The number of benzene rings is 1. The molecule has 0 amide bonds. The van der Waals surface area contributed by atoms with Crippen LogP contribution in [0.2, 0.25) is 0 Å². The second kappa shape index (κ2) is 6.75. The molecule has 0 unspecified atom stereocenters. The average Bonchev–Trinajstić information content (AvgIpc) is 2.59. The summed E-state index contributed by atoms with van der Waals surface area (Å²) in [4.78, 5) is 12.3. The molecule has 0 aliphatic carbocycles. The number of hydrogen-bond acceptors (Lipinski definition) is 6. The summed E-state index contributed by atoms with van der Waals surface area (Å²) in [6, 6.07) is 11.5. The zero-order valence-corrected chi connectivity index (χ0v) is 13.3. The SMILES string of the molecule is Cc1ccnc(Oc2cc(Nc3cnc(C#N)cn3)ccc2C)c1. The van der Waals surface area contributed by atoms with Crippen LogP contribution in [0.3, 0.4) is 0 Å². The molecule has 3 rings (SSSR count). The van der Waals surface area contributed by atoms with Crippen LogP contribution in [0.25, 0.3) is 0 Å². The van der Waals surface area contributed by atoms with E-state index in [1.165, 1.54) is 12.4 Å². The zero-order chi connectivity index (χ0) is 16.9. The molecular weight excluding hydrogens is 302 g/mol. The number of ether oxygens (including phenoxy) is 1. The molecule has 0 fully saturated rings. The Balaban J connectivity index is 1.81. The fourth-order valence-corrected chi connectivity index (χ4v) is 2.06. The van der Waals surface area contributed by atoms with Crippen molar-refractivity contribution < 1.29 is 4.74 Å². The van der Waals surface area contributed by atoms with Crippen LogP contribution in [-0.2, 0) is 0 Å². The van der Waals surface area contributed by atoms with Gasteiger partial charge in [0, 0.05) is 24.0 Å². The van der Waals surface area contributed by atoms with Crippen LogP contribution in [0.5, 0.6) is 11.6 Å². The van der Waals surface area contributed by atoms with Crippen molar-refractivity contribution in [1.29, 1.82) is 5.26 Å². The van der Waals surface area contributed by atoms with Crippen molar-refractivity contribution in [2.45, 2.75) is 13.8 Å². The highest BCUT2D eigenvalue weighted by molar-refractivity contribution is 5.59. The first kappa shape index (κ1) is 15.4. The van der Waals surface area contributed by atoms with Crippen LogP contribution in [0.1, 0.15) is 16.8 Å². The highest BCUT2D eigenvalue weighted by Gasteiger charge is 2.06. The maximum absolute atomic E-state index is 8.75. The molecule has 0 atom stereocenters. The summed E-state index contributed by atoms with van der Waals surface area (Å²) in [6.45, 7) is 3.96. The lowest BCUT2D eigenvalue weighted by Gasteiger charge is -2.11. The van der Waals surface area contributed by atoms with Crippen molar-refractivity contribution in [3.63, 3.8) is 0 Å². The van der Waals surface area contributed by atoms with Crippen molar-refractivity contribution in [2.75, 3.05) is 5.32 Å². The molecule has 0 bridgehead atoms. The maximum Gasteiger partial charge on any atom is 0.219 e. The topological polar surface area (TPSA) is 83.7 Å². The predicted octanol–water partition coefficient (Wildman–Crippen LogP) is 3.90. The van der Waals surface area contributed by atoms with Crippen molar-refractivity contribution in [3.05, 3.63) is 65.7 Å². The highest BCUT2D eigenvalue weighted by Crippen LogP contribution is 2.28. The molecule has 0 saturated heterocycles. The molecule has 2 heterocycles. The van der Waals surface area contributed by atoms with E-state index < -0.39 is 0 Å². The van der Waals surface area contributed by atoms with Gasteiger partial charge in [0.2, 0.25) is 5.88 Å². The summed E-state index contributed by atoms with van der Waals surface area (Å²) in [7, 11) is 0. The molecule has 0 radical (unpaired) electrons. The second-order valence-corrected chi connectivity index (χ2v) is 5.28. The third-order valence-corrected chi connectivity index (χ3v) is 3.33. The van der Waals surface area contributed by atoms with Crippen LogP contribution < -0.4 is 10.1 Å². The number of rotatable bonds is 4. The maximum atomic E-state index is 8.75. The van der Waals surface area contributed by atoms with Gasteiger partial charge in [-0.3, -0.25) is 0 Å². The average molecular weight is 317 g/mol. The second-order valence-electron chi connectivity index (χ2n) is 5.28. The molecule has 0 spiro atoms. The largest absolute Gasteiger partial charge is 0.439 e. The summed E-state index contributed by atoms with van der Waals surface area (Å²) in [6.07, 6.45) is 4.65. The van der Waals surface area contributed by atoms with E-state index in [0.717, 1.165) is 16.8 Å². The number of aryl methyl sites for hydroxylation is 2. The van der Waals surface area contributed by atoms with Gasteiger partial charge in [-0.15, -0.1) is 0 Å². The first-order chi connectivity index (χ1) is 11.6. The molecule has 0 aliphatic heterocycles. The molecule has 0 saturated carbocycles. The number of nitrogens with one attached hydrogen (secondary N) is 1. The summed E-state index contributed by atoms with van der Waals surface area (Å²) < 4.78 is 5.87. The van der Waals surface area contributed by atoms with Crippen molar-refractivity contribution in [3.8, 4) is 17.7 Å². The van der Waals surface area contributed by atoms with Gasteiger partial charge in [0.25, 0.3) is 0 Å². The summed E-state index contributed by atoms with van der Waals surface area (Å²) in [5, 5.41) is 11.9. The van der Waals surface area contributed by atoms with E-state index in [9.17, 15) is 0 Å². The van der Waals surface area contributed by atoms with Crippen LogP contribution in [-0.4, -0.2) is 15.0 Å². The Hall–Kier alpha value is -3.46. The molecule has 6 heteroatoms. The lowest BCUT2D eigenvalue weighted by molar-refractivity contribution is 0.459. The Morgan fingerprint density at radius 1 is 1.04 bits per heavy atom. The van der Waals surface area contributed by atoms with Crippen LogP contribution >= 0.6 is 0 Å². The van der Waals surface area contributed by atoms with E-state index in [1.807, 2.05) is 50.2 Å². The Morgan fingerprint density at radius 3 is 2.62 bits per heavy atom. The number of aromatic nitrogens is 3. The van der Waals surface area contributed by atoms with E-state index in [0.29, 0.717) is 17.4 Å². The fourth-order valence-electron chi connectivity index (χ4n) is 2.06. The lowest BCUT2D eigenvalue weighted by Crippen LogP contribution is -1.97. The Bertz CT molecular complexity index is 900. The predicted molar refractivity (Wildman–Crippen MR) is 90.3 cm³/mol. The first-order valence-electron chi connectivity index (χ1n) is 7.34. The van der Waals surface area contributed by atoms with E-state index in [2.05, 4.69) is 20.3 Å². The zero-order valence-electron chi connectivity index (χ0n) is 13.3. The minimum absolute atomic E-state index is 0.277. The lowest BCUT2D eigenvalue weighted by atomic mass is 10.2. The van der Waals surface area contributed by atoms with Crippen LogP contribution in [0.15, 0.2) is 48.9 Å². The monoisotopic (exact) mass is 317 g/mol. The number of pyridine rings is 1. The van der Waals surface area contributed by atoms with Crippen LogP contribution in [0.4, 0.5) is 11.5 Å². The Labute approximate surface area is 139 Å². The summed E-state index contributed by atoms with van der Waals surface area (Å²) in [5.74, 6) is 1.81. The Morgan fingerprint density at radius 2 is 1.92 bits per heavy atom. The normalized spacial score (nSPS) is 10.0. The molecule has 24 heavy (non-hydrogen) atoms. The molecule has 1 N–H and O–H groups in total. The minimum atomic E-state index is 0.277. The van der Waals surface area contributed by atoms with E-state index >= 15 is 0 Å². The van der Waals surface area contributed by atoms with Gasteiger partial charge < -0.3 is 10.1 Å². The number of nitrogens with zero attached hydrogens (tertiary/aromatic N) is 4. The van der Waals surface area contributed by atoms with Crippen molar-refractivity contribution in [2.24, 2.45) is 0 Å².